The molecule has 17 heavy (non-hydrogen) atoms. The van der Waals surface area contributed by atoms with Gasteiger partial charge < -0.3 is 21.3 Å². The van der Waals surface area contributed by atoms with Crippen LogP contribution in [0.4, 0.5) is 11.4 Å². The highest BCUT2D eigenvalue weighted by atomic mass is 16.5. The second-order valence-corrected chi connectivity index (χ2v) is 3.50. The quantitative estimate of drug-likeness (QED) is 0.681. The van der Waals surface area contributed by atoms with Gasteiger partial charge in [0, 0.05) is 17.4 Å². The number of primary amides is 1. The lowest BCUT2D eigenvalue weighted by Gasteiger charge is -2.07. The molecule has 5 N–H and O–H groups in total. The summed E-state index contributed by atoms with van der Waals surface area (Å²) in [5, 5.41) is 6.66. The molecule has 0 radical (unpaired) electrons. The van der Waals surface area contributed by atoms with Gasteiger partial charge in [-0.15, -0.1) is 0 Å². The molecule has 1 amide bonds. The number of benzene rings is 1. The van der Waals surface area contributed by atoms with Gasteiger partial charge in [-0.2, -0.15) is 0 Å². The van der Waals surface area contributed by atoms with Crippen LogP contribution in [0.5, 0.6) is 0 Å². The maximum absolute atomic E-state index is 11.1. The Hall–Kier alpha value is -2.50. The zero-order chi connectivity index (χ0) is 12.3. The molecular formula is C11H12N4O2. The molecule has 2 aromatic rings. The van der Waals surface area contributed by atoms with Crippen LogP contribution in [-0.2, 0) is 6.54 Å². The fraction of sp³-hybridized carbons (Fsp3) is 0.0909. The number of anilines is 2. The lowest BCUT2D eigenvalue weighted by molar-refractivity contribution is 0.100. The van der Waals surface area contributed by atoms with Crippen LogP contribution in [-0.4, -0.2) is 11.1 Å². The first-order valence-corrected chi connectivity index (χ1v) is 4.99. The first-order valence-electron chi connectivity index (χ1n) is 4.99. The van der Waals surface area contributed by atoms with Gasteiger partial charge in [0.05, 0.1) is 18.3 Å². The molecule has 6 nitrogen and oxygen atoms in total. The van der Waals surface area contributed by atoms with E-state index in [4.69, 9.17) is 16.0 Å². The van der Waals surface area contributed by atoms with Crippen molar-refractivity contribution in [1.82, 2.24) is 5.16 Å². The van der Waals surface area contributed by atoms with E-state index >= 15 is 0 Å². The summed E-state index contributed by atoms with van der Waals surface area (Å²) in [7, 11) is 0. The molecule has 0 aliphatic rings. The summed E-state index contributed by atoms with van der Waals surface area (Å²) < 4.78 is 4.93. The van der Waals surface area contributed by atoms with Gasteiger partial charge in [0.2, 0.25) is 0 Å². The van der Waals surface area contributed by atoms with Gasteiger partial charge in [-0.05, 0) is 18.2 Å². The van der Waals surface area contributed by atoms with Crippen molar-refractivity contribution >= 4 is 17.3 Å². The summed E-state index contributed by atoms with van der Waals surface area (Å²) in [6.07, 6.45) is 1.56. The summed E-state index contributed by atoms with van der Waals surface area (Å²) in [6, 6.07) is 6.74. The molecule has 0 aliphatic carbocycles. The Morgan fingerprint density at radius 1 is 1.41 bits per heavy atom. The maximum Gasteiger partial charge on any atom is 0.250 e. The van der Waals surface area contributed by atoms with Gasteiger partial charge in [-0.3, -0.25) is 4.79 Å². The van der Waals surface area contributed by atoms with E-state index in [-0.39, 0.29) is 0 Å². The van der Waals surface area contributed by atoms with Gasteiger partial charge in [-0.25, -0.2) is 0 Å². The first kappa shape index (κ1) is 11.0. The Bertz CT molecular complexity index is 522. The van der Waals surface area contributed by atoms with E-state index in [1.165, 1.54) is 0 Å². The van der Waals surface area contributed by atoms with Gasteiger partial charge >= 0.3 is 0 Å². The SMILES string of the molecule is NC(=O)c1cc(NCc2ccno2)ccc1N. The number of hydrogen-bond acceptors (Lipinski definition) is 5. The van der Waals surface area contributed by atoms with E-state index in [1.54, 1.807) is 30.5 Å². The minimum atomic E-state index is -0.550. The smallest absolute Gasteiger partial charge is 0.250 e. The van der Waals surface area contributed by atoms with Crippen LogP contribution < -0.4 is 16.8 Å². The van der Waals surface area contributed by atoms with Crippen molar-refractivity contribution in [3.05, 3.63) is 41.8 Å². The van der Waals surface area contributed by atoms with Crippen molar-refractivity contribution in [2.24, 2.45) is 5.73 Å². The van der Waals surface area contributed by atoms with Crippen molar-refractivity contribution in [2.45, 2.75) is 6.54 Å². The van der Waals surface area contributed by atoms with E-state index < -0.39 is 5.91 Å². The highest BCUT2D eigenvalue weighted by Crippen LogP contribution is 2.17. The Kier molecular flexibility index (Phi) is 2.95. The topological polar surface area (TPSA) is 107 Å². The monoisotopic (exact) mass is 232 g/mol. The number of nitrogens with zero attached hydrogens (tertiary/aromatic N) is 1. The highest BCUT2D eigenvalue weighted by molar-refractivity contribution is 5.98. The summed E-state index contributed by atoms with van der Waals surface area (Å²) in [6.45, 7) is 0.474. The number of nitrogen functional groups attached to an aromatic ring is 1. The Morgan fingerprint density at radius 2 is 2.24 bits per heavy atom. The molecule has 88 valence electrons. The fourth-order valence-corrected chi connectivity index (χ4v) is 1.40. The number of rotatable bonds is 4. The second-order valence-electron chi connectivity index (χ2n) is 3.50. The van der Waals surface area contributed by atoms with Gasteiger partial charge in [0.15, 0.2) is 5.76 Å². The molecule has 0 fully saturated rings. The van der Waals surface area contributed by atoms with Crippen LogP contribution in [0.2, 0.25) is 0 Å². The lowest BCUT2D eigenvalue weighted by atomic mass is 10.1. The van der Waals surface area contributed by atoms with Crippen molar-refractivity contribution in [3.8, 4) is 0 Å². The number of aromatic nitrogens is 1. The van der Waals surface area contributed by atoms with Crippen LogP contribution in [0, 0.1) is 0 Å². The zero-order valence-electron chi connectivity index (χ0n) is 9.01. The second kappa shape index (κ2) is 4.56. The molecule has 0 bridgehead atoms. The molecule has 0 atom stereocenters. The number of hydrogen-bond donors (Lipinski definition) is 3. The predicted octanol–water partition coefficient (Wildman–Crippen LogP) is 0.968. The van der Waals surface area contributed by atoms with Crippen LogP contribution in [0.1, 0.15) is 16.1 Å². The summed E-state index contributed by atoms with van der Waals surface area (Å²) in [5.41, 5.74) is 12.2. The van der Waals surface area contributed by atoms with Gasteiger partial charge in [0.1, 0.15) is 0 Å². The summed E-state index contributed by atoms with van der Waals surface area (Å²) >= 11 is 0. The number of nitrogens with one attached hydrogen (secondary N) is 1. The largest absolute Gasteiger partial charge is 0.398 e. The average molecular weight is 232 g/mol. The van der Waals surface area contributed by atoms with E-state index in [1.807, 2.05) is 0 Å². The van der Waals surface area contributed by atoms with Crippen molar-refractivity contribution in [2.75, 3.05) is 11.1 Å². The number of nitrogens with two attached hydrogens (primary N) is 2. The summed E-state index contributed by atoms with van der Waals surface area (Å²) in [4.78, 5) is 11.1. The number of carbonyl (C=O) groups excluding carboxylic acids is 1. The Morgan fingerprint density at radius 3 is 2.88 bits per heavy atom. The third-order valence-corrected chi connectivity index (χ3v) is 2.28. The van der Waals surface area contributed by atoms with Gasteiger partial charge in [-0.1, -0.05) is 5.16 Å². The maximum atomic E-state index is 11.1. The third-order valence-electron chi connectivity index (χ3n) is 2.28. The normalized spacial score (nSPS) is 10.1. The first-order chi connectivity index (χ1) is 8.16. The Balaban J connectivity index is 2.11. The molecule has 0 spiro atoms. The highest BCUT2D eigenvalue weighted by Gasteiger charge is 2.06. The van der Waals surface area contributed by atoms with E-state index in [0.29, 0.717) is 23.6 Å². The number of amides is 1. The third kappa shape index (κ3) is 2.54. The number of carbonyl (C=O) groups is 1. The van der Waals surface area contributed by atoms with Crippen molar-refractivity contribution in [1.29, 1.82) is 0 Å². The van der Waals surface area contributed by atoms with Crippen molar-refractivity contribution < 1.29 is 9.32 Å². The molecule has 2 rings (SSSR count). The van der Waals surface area contributed by atoms with Crippen LogP contribution in [0.15, 0.2) is 35.0 Å². The Labute approximate surface area is 97.6 Å². The molecule has 0 aliphatic heterocycles. The van der Waals surface area contributed by atoms with E-state index in [2.05, 4.69) is 10.5 Å². The lowest BCUT2D eigenvalue weighted by Crippen LogP contribution is -2.14. The molecule has 0 saturated heterocycles. The molecular weight excluding hydrogens is 220 g/mol. The van der Waals surface area contributed by atoms with E-state index in [0.717, 1.165) is 5.69 Å². The van der Waals surface area contributed by atoms with Gasteiger partial charge in [0.25, 0.3) is 5.91 Å². The minimum absolute atomic E-state index is 0.299. The van der Waals surface area contributed by atoms with E-state index in [9.17, 15) is 4.79 Å². The average Bonchev–Trinajstić information content (AvgIpc) is 2.80. The summed E-state index contributed by atoms with van der Waals surface area (Å²) in [5.74, 6) is 0.147. The molecule has 1 heterocycles. The van der Waals surface area contributed by atoms with Crippen LogP contribution >= 0.6 is 0 Å². The van der Waals surface area contributed by atoms with Crippen LogP contribution in [0.25, 0.3) is 0 Å². The predicted molar refractivity (Wildman–Crippen MR) is 63.2 cm³/mol. The van der Waals surface area contributed by atoms with Crippen molar-refractivity contribution in [3.63, 3.8) is 0 Å². The fourth-order valence-electron chi connectivity index (χ4n) is 1.40. The van der Waals surface area contributed by atoms with Crippen LogP contribution in [0.3, 0.4) is 0 Å². The standard InChI is InChI=1S/C11H12N4O2/c12-10-2-1-7(5-9(10)11(13)16)14-6-8-3-4-15-17-8/h1-5,14H,6,12H2,(H2,13,16). The molecule has 1 aromatic carbocycles. The minimum Gasteiger partial charge on any atom is -0.398 e. The molecule has 0 saturated carbocycles. The molecule has 1 aromatic heterocycles. The zero-order valence-corrected chi connectivity index (χ0v) is 9.01. The molecule has 6 heteroatoms. The molecule has 0 unspecified atom stereocenters.